The number of hydrogen-bond acceptors (Lipinski definition) is 3. The molecule has 0 aliphatic heterocycles. The van der Waals surface area contributed by atoms with Crippen LogP contribution in [-0.2, 0) is 0 Å². The number of rotatable bonds is 3. The number of benzene rings is 2. The quantitative estimate of drug-likeness (QED) is 0.712. The standard InChI is InChI=1S/C16H12Cl2N2O/c1-21-15-4-2-3-11-14(7-8-19-16(11)15)20-10-5-6-12(17)13(18)9-10/h2-9H,1H3,(H,19,20). The SMILES string of the molecule is COc1cccc2c(Nc3ccc(Cl)c(Cl)c3)ccnc12. The highest BCUT2D eigenvalue weighted by Gasteiger charge is 2.07. The maximum Gasteiger partial charge on any atom is 0.145 e. The van der Waals surface area contributed by atoms with E-state index in [0.717, 1.165) is 28.0 Å². The van der Waals surface area contributed by atoms with Gasteiger partial charge in [0.25, 0.3) is 0 Å². The lowest BCUT2D eigenvalue weighted by Crippen LogP contribution is -1.94. The van der Waals surface area contributed by atoms with Gasteiger partial charge in [0.05, 0.1) is 17.2 Å². The van der Waals surface area contributed by atoms with Crippen molar-refractivity contribution in [3.05, 3.63) is 58.7 Å². The lowest BCUT2D eigenvalue weighted by molar-refractivity contribution is 0.419. The van der Waals surface area contributed by atoms with Gasteiger partial charge in [-0.05, 0) is 30.3 Å². The Labute approximate surface area is 132 Å². The molecule has 0 saturated carbocycles. The summed E-state index contributed by atoms with van der Waals surface area (Å²) in [5.41, 5.74) is 2.60. The zero-order chi connectivity index (χ0) is 14.8. The molecule has 0 unspecified atom stereocenters. The van der Waals surface area contributed by atoms with Crippen molar-refractivity contribution in [3.8, 4) is 5.75 Å². The third-order valence-corrected chi connectivity index (χ3v) is 3.89. The van der Waals surface area contributed by atoms with Crippen molar-refractivity contribution in [1.82, 2.24) is 4.98 Å². The van der Waals surface area contributed by atoms with Gasteiger partial charge in [-0.2, -0.15) is 0 Å². The van der Waals surface area contributed by atoms with E-state index < -0.39 is 0 Å². The van der Waals surface area contributed by atoms with Crippen molar-refractivity contribution >= 4 is 45.5 Å². The molecule has 0 atom stereocenters. The van der Waals surface area contributed by atoms with Crippen LogP contribution in [0.4, 0.5) is 11.4 Å². The third kappa shape index (κ3) is 2.75. The van der Waals surface area contributed by atoms with Crippen LogP contribution in [0.3, 0.4) is 0 Å². The van der Waals surface area contributed by atoms with Crippen LogP contribution in [-0.4, -0.2) is 12.1 Å². The van der Waals surface area contributed by atoms with E-state index in [1.807, 2.05) is 30.3 Å². The summed E-state index contributed by atoms with van der Waals surface area (Å²) >= 11 is 12.0. The van der Waals surface area contributed by atoms with Crippen molar-refractivity contribution in [2.24, 2.45) is 0 Å². The van der Waals surface area contributed by atoms with Gasteiger partial charge in [0.15, 0.2) is 0 Å². The highest BCUT2D eigenvalue weighted by Crippen LogP contribution is 2.32. The number of nitrogens with zero attached hydrogens (tertiary/aromatic N) is 1. The second-order valence-corrected chi connectivity index (χ2v) is 5.28. The lowest BCUT2D eigenvalue weighted by Gasteiger charge is -2.11. The monoisotopic (exact) mass is 318 g/mol. The van der Waals surface area contributed by atoms with Crippen molar-refractivity contribution in [2.45, 2.75) is 0 Å². The fraction of sp³-hybridized carbons (Fsp3) is 0.0625. The Morgan fingerprint density at radius 3 is 2.67 bits per heavy atom. The van der Waals surface area contributed by atoms with E-state index >= 15 is 0 Å². The normalized spacial score (nSPS) is 10.6. The number of ether oxygens (including phenoxy) is 1. The molecule has 1 heterocycles. The molecule has 5 heteroatoms. The average Bonchev–Trinajstić information content (AvgIpc) is 2.51. The first-order valence-electron chi connectivity index (χ1n) is 6.33. The maximum atomic E-state index is 6.04. The van der Waals surface area contributed by atoms with Gasteiger partial charge in [-0.1, -0.05) is 35.3 Å². The van der Waals surface area contributed by atoms with Crippen LogP contribution in [0, 0.1) is 0 Å². The van der Waals surface area contributed by atoms with Crippen molar-refractivity contribution in [2.75, 3.05) is 12.4 Å². The third-order valence-electron chi connectivity index (χ3n) is 3.15. The molecular weight excluding hydrogens is 307 g/mol. The Morgan fingerprint density at radius 2 is 1.90 bits per heavy atom. The van der Waals surface area contributed by atoms with E-state index in [0.29, 0.717) is 10.0 Å². The van der Waals surface area contributed by atoms with E-state index in [9.17, 15) is 0 Å². The molecule has 0 saturated heterocycles. The van der Waals surface area contributed by atoms with Gasteiger partial charge in [-0.15, -0.1) is 0 Å². The van der Waals surface area contributed by atoms with Crippen LogP contribution in [0.15, 0.2) is 48.7 Å². The fourth-order valence-electron chi connectivity index (χ4n) is 2.15. The van der Waals surface area contributed by atoms with Gasteiger partial charge in [0.2, 0.25) is 0 Å². The molecule has 106 valence electrons. The first-order chi connectivity index (χ1) is 10.2. The number of methoxy groups -OCH3 is 1. The number of para-hydroxylation sites is 1. The maximum absolute atomic E-state index is 6.04. The van der Waals surface area contributed by atoms with Crippen LogP contribution in [0.5, 0.6) is 5.75 Å². The first kappa shape index (κ1) is 14.0. The van der Waals surface area contributed by atoms with Crippen LogP contribution in [0.25, 0.3) is 10.9 Å². The minimum atomic E-state index is 0.512. The number of anilines is 2. The number of aromatic nitrogens is 1. The molecule has 0 aliphatic carbocycles. The Bertz CT molecular complexity index is 805. The molecule has 0 radical (unpaired) electrons. The average molecular weight is 319 g/mol. The summed E-state index contributed by atoms with van der Waals surface area (Å²) in [5.74, 6) is 0.741. The predicted molar refractivity (Wildman–Crippen MR) is 88.0 cm³/mol. The Kier molecular flexibility index (Phi) is 3.86. The molecule has 3 aromatic rings. The minimum absolute atomic E-state index is 0.512. The summed E-state index contributed by atoms with van der Waals surface area (Å²) in [6.45, 7) is 0. The molecule has 21 heavy (non-hydrogen) atoms. The van der Waals surface area contributed by atoms with Gasteiger partial charge < -0.3 is 10.1 Å². The van der Waals surface area contributed by atoms with Gasteiger partial charge in [-0.3, -0.25) is 4.98 Å². The molecule has 1 N–H and O–H groups in total. The fourth-order valence-corrected chi connectivity index (χ4v) is 2.45. The zero-order valence-corrected chi connectivity index (χ0v) is 12.7. The molecule has 3 rings (SSSR count). The number of hydrogen-bond donors (Lipinski definition) is 1. The Balaban J connectivity index is 2.06. The number of halogens is 2. The van der Waals surface area contributed by atoms with E-state index in [-0.39, 0.29) is 0 Å². The highest BCUT2D eigenvalue weighted by molar-refractivity contribution is 6.42. The summed E-state index contributed by atoms with van der Waals surface area (Å²) in [4.78, 5) is 4.37. The van der Waals surface area contributed by atoms with Gasteiger partial charge in [0, 0.05) is 23.0 Å². The molecule has 0 bridgehead atoms. The van der Waals surface area contributed by atoms with Crippen LogP contribution >= 0.6 is 23.2 Å². The largest absolute Gasteiger partial charge is 0.494 e. The van der Waals surface area contributed by atoms with Crippen LogP contribution in [0.2, 0.25) is 10.0 Å². The molecule has 0 aliphatic rings. The van der Waals surface area contributed by atoms with Crippen LogP contribution in [0.1, 0.15) is 0 Å². The first-order valence-corrected chi connectivity index (χ1v) is 7.08. The molecular formula is C16H12Cl2N2O. The van der Waals surface area contributed by atoms with Gasteiger partial charge >= 0.3 is 0 Å². The van der Waals surface area contributed by atoms with Crippen LogP contribution < -0.4 is 10.1 Å². The predicted octanol–water partition coefficient (Wildman–Crippen LogP) is 5.29. The molecule has 1 aromatic heterocycles. The Morgan fingerprint density at radius 1 is 1.05 bits per heavy atom. The topological polar surface area (TPSA) is 34.1 Å². The molecule has 0 spiro atoms. The second-order valence-electron chi connectivity index (χ2n) is 4.47. The van der Waals surface area contributed by atoms with E-state index in [4.69, 9.17) is 27.9 Å². The summed E-state index contributed by atoms with van der Waals surface area (Å²) in [7, 11) is 1.63. The summed E-state index contributed by atoms with van der Waals surface area (Å²) in [6, 6.07) is 13.1. The van der Waals surface area contributed by atoms with E-state index in [2.05, 4.69) is 10.3 Å². The highest BCUT2D eigenvalue weighted by atomic mass is 35.5. The molecule has 2 aromatic carbocycles. The number of nitrogens with one attached hydrogen (secondary N) is 1. The molecule has 0 fully saturated rings. The lowest BCUT2D eigenvalue weighted by atomic mass is 10.1. The molecule has 3 nitrogen and oxygen atoms in total. The summed E-state index contributed by atoms with van der Waals surface area (Å²) in [6.07, 6.45) is 1.74. The summed E-state index contributed by atoms with van der Waals surface area (Å²) < 4.78 is 5.34. The Hall–Kier alpha value is -1.97. The van der Waals surface area contributed by atoms with Crippen molar-refractivity contribution in [3.63, 3.8) is 0 Å². The van der Waals surface area contributed by atoms with E-state index in [1.54, 1.807) is 25.4 Å². The molecule has 0 amide bonds. The van der Waals surface area contributed by atoms with E-state index in [1.165, 1.54) is 0 Å². The van der Waals surface area contributed by atoms with Crippen molar-refractivity contribution in [1.29, 1.82) is 0 Å². The minimum Gasteiger partial charge on any atom is -0.494 e. The second kappa shape index (κ2) is 5.80. The zero-order valence-electron chi connectivity index (χ0n) is 11.2. The number of fused-ring (bicyclic) bond motifs is 1. The van der Waals surface area contributed by atoms with Gasteiger partial charge in [0.1, 0.15) is 11.3 Å². The summed E-state index contributed by atoms with van der Waals surface area (Å²) in [5, 5.41) is 5.35. The number of pyridine rings is 1. The smallest absolute Gasteiger partial charge is 0.145 e. The van der Waals surface area contributed by atoms with Gasteiger partial charge in [-0.25, -0.2) is 0 Å². The van der Waals surface area contributed by atoms with Crippen molar-refractivity contribution < 1.29 is 4.74 Å².